The number of rotatable bonds is 13. The highest BCUT2D eigenvalue weighted by Crippen LogP contribution is 2.15. The van der Waals surface area contributed by atoms with E-state index in [-0.39, 0.29) is 0 Å². The van der Waals surface area contributed by atoms with E-state index in [4.69, 9.17) is 13.3 Å². The first kappa shape index (κ1) is 19.3. The summed E-state index contributed by atoms with van der Waals surface area (Å²) >= 11 is 0. The number of benzene rings is 1. The highest BCUT2D eigenvalue weighted by atomic mass is 28.4. The molecule has 0 unspecified atom stereocenters. The van der Waals surface area contributed by atoms with Crippen molar-refractivity contribution >= 4 is 8.80 Å². The second-order valence-electron chi connectivity index (χ2n) is 5.04. The summed E-state index contributed by atoms with van der Waals surface area (Å²) in [6.45, 7) is 6.37. The fourth-order valence-corrected chi connectivity index (χ4v) is 4.26. The SMILES string of the molecule is CCO[Si](CCCNCCNCc1ccccc1)(OC)OC. The lowest BCUT2D eigenvalue weighted by Gasteiger charge is -2.25. The van der Waals surface area contributed by atoms with Crippen LogP contribution in [0.1, 0.15) is 18.9 Å². The molecule has 0 bridgehead atoms. The molecule has 0 aliphatic rings. The molecule has 6 heteroatoms. The maximum Gasteiger partial charge on any atom is 0.500 e. The average Bonchev–Trinajstić information content (AvgIpc) is 2.57. The van der Waals surface area contributed by atoms with Gasteiger partial charge in [0.15, 0.2) is 0 Å². The van der Waals surface area contributed by atoms with Crippen LogP contribution < -0.4 is 10.6 Å². The minimum absolute atomic E-state index is 0.630. The van der Waals surface area contributed by atoms with Gasteiger partial charge < -0.3 is 23.9 Å². The summed E-state index contributed by atoms with van der Waals surface area (Å²) in [5.41, 5.74) is 1.31. The summed E-state index contributed by atoms with van der Waals surface area (Å²) in [5, 5.41) is 6.85. The van der Waals surface area contributed by atoms with E-state index in [1.807, 2.05) is 13.0 Å². The van der Waals surface area contributed by atoms with Crippen LogP contribution in [0.4, 0.5) is 0 Å². The van der Waals surface area contributed by atoms with Crippen molar-refractivity contribution in [2.45, 2.75) is 25.9 Å². The Morgan fingerprint density at radius 1 is 0.955 bits per heavy atom. The maximum atomic E-state index is 5.68. The van der Waals surface area contributed by atoms with Gasteiger partial charge in [0.2, 0.25) is 0 Å². The van der Waals surface area contributed by atoms with Crippen LogP contribution in [0.3, 0.4) is 0 Å². The molecular weight excluding hydrogens is 296 g/mol. The number of hydrogen-bond acceptors (Lipinski definition) is 5. The standard InChI is InChI=1S/C16H30N2O3Si/c1-4-21-22(19-2,20-3)14-8-11-17-12-13-18-15-16-9-6-5-7-10-16/h5-7,9-10,17-18H,4,8,11-15H2,1-3H3. The first-order valence-electron chi connectivity index (χ1n) is 7.96. The van der Waals surface area contributed by atoms with Gasteiger partial charge in [0.05, 0.1) is 0 Å². The van der Waals surface area contributed by atoms with Gasteiger partial charge in [-0.25, -0.2) is 0 Å². The van der Waals surface area contributed by atoms with Crippen LogP contribution in [-0.2, 0) is 19.8 Å². The average molecular weight is 327 g/mol. The third kappa shape index (κ3) is 7.48. The molecule has 1 aromatic carbocycles. The van der Waals surface area contributed by atoms with Crippen LogP contribution in [0.15, 0.2) is 30.3 Å². The van der Waals surface area contributed by atoms with Crippen molar-refractivity contribution in [3.63, 3.8) is 0 Å². The second-order valence-corrected chi connectivity index (χ2v) is 8.01. The summed E-state index contributed by atoms with van der Waals surface area (Å²) in [7, 11) is 0.927. The zero-order valence-electron chi connectivity index (χ0n) is 14.1. The van der Waals surface area contributed by atoms with Crippen molar-refractivity contribution in [1.82, 2.24) is 10.6 Å². The van der Waals surface area contributed by atoms with Crippen LogP contribution in [0.2, 0.25) is 6.04 Å². The Hall–Kier alpha value is -0.763. The largest absolute Gasteiger partial charge is 0.500 e. The molecule has 0 atom stereocenters. The third-order valence-corrected chi connectivity index (χ3v) is 6.41. The molecule has 0 aliphatic carbocycles. The Balaban J connectivity index is 2.03. The fourth-order valence-electron chi connectivity index (χ4n) is 2.26. The quantitative estimate of drug-likeness (QED) is 0.429. The minimum atomic E-state index is -2.42. The highest BCUT2D eigenvalue weighted by Gasteiger charge is 2.37. The topological polar surface area (TPSA) is 51.8 Å². The molecular formula is C16H30N2O3Si. The Kier molecular flexibility index (Phi) is 10.3. The van der Waals surface area contributed by atoms with Crippen molar-refractivity contribution in [3.8, 4) is 0 Å². The van der Waals surface area contributed by atoms with Crippen LogP contribution in [0.5, 0.6) is 0 Å². The van der Waals surface area contributed by atoms with Crippen LogP contribution >= 0.6 is 0 Å². The third-order valence-electron chi connectivity index (χ3n) is 3.47. The monoisotopic (exact) mass is 326 g/mol. The summed E-state index contributed by atoms with van der Waals surface area (Å²) in [6.07, 6.45) is 0.993. The molecule has 0 radical (unpaired) electrons. The summed E-state index contributed by atoms with van der Waals surface area (Å²) in [4.78, 5) is 0. The molecule has 0 saturated carbocycles. The molecule has 1 rings (SSSR count). The summed E-state index contributed by atoms with van der Waals surface area (Å²) < 4.78 is 16.6. The molecule has 0 saturated heterocycles. The molecule has 1 aromatic rings. The van der Waals surface area contributed by atoms with Gasteiger partial charge in [-0.05, 0) is 25.5 Å². The zero-order chi connectivity index (χ0) is 16.1. The van der Waals surface area contributed by atoms with E-state index in [1.54, 1.807) is 14.2 Å². The Labute approximate surface area is 135 Å². The van der Waals surface area contributed by atoms with Crippen LogP contribution in [0, 0.1) is 0 Å². The van der Waals surface area contributed by atoms with Crippen molar-refractivity contribution < 1.29 is 13.3 Å². The molecule has 0 amide bonds. The lowest BCUT2D eigenvalue weighted by molar-refractivity contribution is 0.103. The fraction of sp³-hybridized carbons (Fsp3) is 0.625. The second kappa shape index (κ2) is 11.8. The Bertz CT molecular complexity index is 375. The van der Waals surface area contributed by atoms with Gasteiger partial charge in [-0.3, -0.25) is 0 Å². The van der Waals surface area contributed by atoms with E-state index in [9.17, 15) is 0 Å². The first-order valence-corrected chi connectivity index (χ1v) is 9.89. The highest BCUT2D eigenvalue weighted by molar-refractivity contribution is 6.60. The maximum absolute atomic E-state index is 5.68. The smallest absolute Gasteiger partial charge is 0.377 e. The molecule has 0 spiro atoms. The summed E-state index contributed by atoms with van der Waals surface area (Å²) in [5.74, 6) is 0. The van der Waals surface area contributed by atoms with Crippen molar-refractivity contribution in [2.75, 3.05) is 40.5 Å². The zero-order valence-corrected chi connectivity index (χ0v) is 15.1. The van der Waals surface area contributed by atoms with Gasteiger partial charge >= 0.3 is 8.80 Å². The van der Waals surface area contributed by atoms with Crippen LogP contribution in [-0.4, -0.2) is 49.3 Å². The number of hydrogen-bond donors (Lipinski definition) is 2. The van der Waals surface area contributed by atoms with E-state index >= 15 is 0 Å². The molecule has 22 heavy (non-hydrogen) atoms. The van der Waals surface area contributed by atoms with Gasteiger partial charge in [0, 0.05) is 46.5 Å². The molecule has 0 aromatic heterocycles. The number of nitrogens with one attached hydrogen (secondary N) is 2. The first-order chi connectivity index (χ1) is 10.8. The molecule has 2 N–H and O–H groups in total. The van der Waals surface area contributed by atoms with E-state index < -0.39 is 8.80 Å². The van der Waals surface area contributed by atoms with E-state index in [0.29, 0.717) is 6.61 Å². The van der Waals surface area contributed by atoms with Gasteiger partial charge in [-0.15, -0.1) is 0 Å². The normalized spacial score (nSPS) is 11.8. The van der Waals surface area contributed by atoms with Gasteiger partial charge in [-0.2, -0.15) is 0 Å². The van der Waals surface area contributed by atoms with Crippen molar-refractivity contribution in [3.05, 3.63) is 35.9 Å². The van der Waals surface area contributed by atoms with Gasteiger partial charge in [0.25, 0.3) is 0 Å². The molecule has 5 nitrogen and oxygen atoms in total. The Morgan fingerprint density at radius 3 is 2.27 bits per heavy atom. The molecule has 0 heterocycles. The van der Waals surface area contributed by atoms with Gasteiger partial charge in [0.1, 0.15) is 0 Å². The predicted molar refractivity (Wildman–Crippen MR) is 91.8 cm³/mol. The molecule has 0 aliphatic heterocycles. The minimum Gasteiger partial charge on any atom is -0.377 e. The van der Waals surface area contributed by atoms with Crippen molar-refractivity contribution in [2.24, 2.45) is 0 Å². The predicted octanol–water partition coefficient (Wildman–Crippen LogP) is 2.02. The van der Waals surface area contributed by atoms with E-state index in [1.165, 1.54) is 5.56 Å². The summed E-state index contributed by atoms with van der Waals surface area (Å²) in [6, 6.07) is 11.3. The molecule has 126 valence electrons. The lowest BCUT2D eigenvalue weighted by atomic mass is 10.2. The molecule has 0 fully saturated rings. The van der Waals surface area contributed by atoms with Gasteiger partial charge in [-0.1, -0.05) is 30.3 Å². The van der Waals surface area contributed by atoms with E-state index in [2.05, 4.69) is 34.9 Å². The van der Waals surface area contributed by atoms with Crippen LogP contribution in [0.25, 0.3) is 0 Å². The van der Waals surface area contributed by atoms with Crippen molar-refractivity contribution in [1.29, 1.82) is 0 Å². The Morgan fingerprint density at radius 2 is 1.64 bits per heavy atom. The lowest BCUT2D eigenvalue weighted by Crippen LogP contribution is -2.44. The van der Waals surface area contributed by atoms with E-state index in [0.717, 1.165) is 38.6 Å².